The summed E-state index contributed by atoms with van der Waals surface area (Å²) in [5.74, 6) is 0.637. The minimum atomic E-state index is -3.59. The third-order valence-electron chi connectivity index (χ3n) is 2.88. The third-order valence-corrected chi connectivity index (χ3v) is 6.37. The summed E-state index contributed by atoms with van der Waals surface area (Å²) in [5, 5.41) is 3.14. The van der Waals surface area contributed by atoms with Crippen molar-refractivity contribution in [3.05, 3.63) is 64.6 Å². The molecule has 0 saturated carbocycles. The lowest BCUT2D eigenvalue weighted by atomic mass is 10.3. The molecule has 0 atom stereocenters. The molecule has 3 rings (SSSR count). The molecule has 5 nitrogen and oxygen atoms in total. The maximum Gasteiger partial charge on any atom is 0.271 e. The Bertz CT molecular complexity index is 894. The molecule has 0 saturated heterocycles. The second-order valence-corrected chi connectivity index (χ2v) is 8.96. The zero-order chi connectivity index (χ0) is 16.3. The van der Waals surface area contributed by atoms with E-state index in [-0.39, 0.29) is 4.21 Å². The second-order valence-electron chi connectivity index (χ2n) is 4.59. The number of sulfonamides is 1. The van der Waals surface area contributed by atoms with Gasteiger partial charge in [-0.05, 0) is 52.3 Å². The van der Waals surface area contributed by atoms with Crippen LogP contribution in [0.5, 0.6) is 0 Å². The van der Waals surface area contributed by atoms with Crippen molar-refractivity contribution in [1.29, 1.82) is 0 Å². The second kappa shape index (κ2) is 6.69. The number of benzene rings is 1. The molecule has 0 radical (unpaired) electrons. The molecule has 0 aliphatic rings. The summed E-state index contributed by atoms with van der Waals surface area (Å²) in [4.78, 5) is 4.21. The Labute approximate surface area is 146 Å². The number of pyridine rings is 1. The molecule has 2 heterocycles. The van der Waals surface area contributed by atoms with Crippen LogP contribution in [-0.2, 0) is 10.0 Å². The van der Waals surface area contributed by atoms with Gasteiger partial charge in [0, 0.05) is 5.69 Å². The Kier molecular flexibility index (Phi) is 4.65. The first-order valence-electron chi connectivity index (χ1n) is 6.59. The van der Waals surface area contributed by atoms with E-state index in [0.717, 1.165) is 20.8 Å². The molecule has 8 heteroatoms. The van der Waals surface area contributed by atoms with Crippen LogP contribution in [0.15, 0.2) is 68.8 Å². The maximum atomic E-state index is 12.2. The quantitative estimate of drug-likeness (QED) is 0.652. The van der Waals surface area contributed by atoms with Crippen molar-refractivity contribution in [3.63, 3.8) is 0 Å². The normalized spacial score (nSPS) is 11.2. The first kappa shape index (κ1) is 16.0. The maximum absolute atomic E-state index is 12.2. The molecule has 2 aromatic heterocycles. The van der Waals surface area contributed by atoms with E-state index >= 15 is 0 Å². The number of halogens is 1. The molecular weight excluding hydrogens is 398 g/mol. The van der Waals surface area contributed by atoms with E-state index in [2.05, 4.69) is 31.0 Å². The van der Waals surface area contributed by atoms with Gasteiger partial charge in [0.05, 0.1) is 15.7 Å². The highest BCUT2D eigenvalue weighted by atomic mass is 79.9. The predicted octanol–water partition coefficient (Wildman–Crippen LogP) is 4.45. The van der Waals surface area contributed by atoms with E-state index in [1.165, 1.54) is 6.20 Å². The standard InChI is InChI=1S/C15H12BrN3O2S2/c16-13-7-9-15(22-13)23(20,21)19-12-6-8-14(17-10-12)18-11-4-2-1-3-5-11/h1-10,19H,(H,17,18). The van der Waals surface area contributed by atoms with Gasteiger partial charge in [-0.15, -0.1) is 11.3 Å². The third kappa shape index (κ3) is 4.10. The SMILES string of the molecule is O=S(=O)(Nc1ccc(Nc2ccccc2)nc1)c1ccc(Br)s1. The van der Waals surface area contributed by atoms with Crippen LogP contribution in [0.4, 0.5) is 17.2 Å². The minimum absolute atomic E-state index is 0.246. The predicted molar refractivity (Wildman–Crippen MR) is 96.8 cm³/mol. The number of hydrogen-bond donors (Lipinski definition) is 2. The lowest BCUT2D eigenvalue weighted by molar-refractivity contribution is 0.603. The van der Waals surface area contributed by atoms with Gasteiger partial charge in [0.1, 0.15) is 10.0 Å². The number of hydrogen-bond acceptors (Lipinski definition) is 5. The number of nitrogens with zero attached hydrogens (tertiary/aromatic N) is 1. The van der Waals surface area contributed by atoms with Crippen molar-refractivity contribution < 1.29 is 8.42 Å². The van der Waals surface area contributed by atoms with E-state index in [0.29, 0.717) is 11.5 Å². The van der Waals surface area contributed by atoms with Crippen LogP contribution >= 0.6 is 27.3 Å². The van der Waals surface area contributed by atoms with E-state index in [9.17, 15) is 8.42 Å². The minimum Gasteiger partial charge on any atom is -0.340 e. The Balaban J connectivity index is 1.72. The molecule has 23 heavy (non-hydrogen) atoms. The summed E-state index contributed by atoms with van der Waals surface area (Å²) < 4.78 is 28.0. The number of rotatable bonds is 5. The lowest BCUT2D eigenvalue weighted by Gasteiger charge is -2.08. The molecule has 0 bridgehead atoms. The molecule has 3 aromatic rings. The van der Waals surface area contributed by atoms with Crippen molar-refractivity contribution in [3.8, 4) is 0 Å². The summed E-state index contributed by atoms with van der Waals surface area (Å²) in [5.41, 5.74) is 1.32. The molecule has 0 unspecified atom stereocenters. The Hall–Kier alpha value is -1.90. The van der Waals surface area contributed by atoms with Crippen LogP contribution in [0, 0.1) is 0 Å². The van der Waals surface area contributed by atoms with E-state index in [1.54, 1.807) is 24.3 Å². The van der Waals surface area contributed by atoms with Crippen molar-refractivity contribution in [1.82, 2.24) is 4.98 Å². The largest absolute Gasteiger partial charge is 0.340 e. The number of aromatic nitrogens is 1. The summed E-state index contributed by atoms with van der Waals surface area (Å²) >= 11 is 4.41. The molecule has 0 aliphatic heterocycles. The molecule has 2 N–H and O–H groups in total. The molecule has 0 aliphatic carbocycles. The summed E-state index contributed by atoms with van der Waals surface area (Å²) in [6.45, 7) is 0. The summed E-state index contributed by atoms with van der Waals surface area (Å²) in [7, 11) is -3.59. The van der Waals surface area contributed by atoms with Gasteiger partial charge < -0.3 is 5.32 Å². The molecular formula is C15H12BrN3O2S2. The number of nitrogens with one attached hydrogen (secondary N) is 2. The summed E-state index contributed by atoms with van der Waals surface area (Å²) in [6, 6.07) is 16.3. The van der Waals surface area contributed by atoms with Gasteiger partial charge >= 0.3 is 0 Å². The van der Waals surface area contributed by atoms with Crippen molar-refractivity contribution in [2.24, 2.45) is 0 Å². The zero-order valence-electron chi connectivity index (χ0n) is 11.7. The zero-order valence-corrected chi connectivity index (χ0v) is 15.0. The fourth-order valence-electron chi connectivity index (χ4n) is 1.85. The fraction of sp³-hybridized carbons (Fsp3) is 0. The van der Waals surface area contributed by atoms with Crippen LogP contribution in [0.25, 0.3) is 0 Å². The van der Waals surface area contributed by atoms with E-state index in [4.69, 9.17) is 0 Å². The Morgan fingerprint density at radius 1 is 0.957 bits per heavy atom. The van der Waals surface area contributed by atoms with Crippen molar-refractivity contribution in [2.75, 3.05) is 10.0 Å². The van der Waals surface area contributed by atoms with Crippen LogP contribution in [-0.4, -0.2) is 13.4 Å². The molecule has 0 fully saturated rings. The van der Waals surface area contributed by atoms with Gasteiger partial charge in [-0.25, -0.2) is 13.4 Å². The van der Waals surface area contributed by atoms with E-state index < -0.39 is 10.0 Å². The van der Waals surface area contributed by atoms with Crippen LogP contribution < -0.4 is 10.0 Å². The smallest absolute Gasteiger partial charge is 0.271 e. The van der Waals surface area contributed by atoms with Crippen LogP contribution in [0.1, 0.15) is 0 Å². The fourth-order valence-corrected chi connectivity index (χ4v) is 4.90. The van der Waals surface area contributed by atoms with Crippen LogP contribution in [0.2, 0.25) is 0 Å². The van der Waals surface area contributed by atoms with Crippen LogP contribution in [0.3, 0.4) is 0 Å². The monoisotopic (exact) mass is 409 g/mol. The van der Waals surface area contributed by atoms with E-state index in [1.807, 2.05) is 30.3 Å². The van der Waals surface area contributed by atoms with Crippen molar-refractivity contribution >= 4 is 54.5 Å². The molecule has 0 spiro atoms. The van der Waals surface area contributed by atoms with Gasteiger partial charge in [-0.2, -0.15) is 0 Å². The van der Waals surface area contributed by atoms with Gasteiger partial charge in [-0.1, -0.05) is 18.2 Å². The average Bonchev–Trinajstić information content (AvgIpc) is 2.98. The lowest BCUT2D eigenvalue weighted by Crippen LogP contribution is -2.11. The number of anilines is 3. The highest BCUT2D eigenvalue weighted by molar-refractivity contribution is 9.11. The van der Waals surface area contributed by atoms with Gasteiger partial charge in [0.2, 0.25) is 0 Å². The average molecular weight is 410 g/mol. The summed E-state index contributed by atoms with van der Waals surface area (Å²) in [6.07, 6.45) is 1.48. The number of para-hydroxylation sites is 1. The molecule has 0 amide bonds. The van der Waals surface area contributed by atoms with Gasteiger partial charge in [-0.3, -0.25) is 4.72 Å². The first-order chi connectivity index (χ1) is 11.0. The Morgan fingerprint density at radius 3 is 2.35 bits per heavy atom. The topological polar surface area (TPSA) is 71.1 Å². The van der Waals surface area contributed by atoms with Gasteiger partial charge in [0.25, 0.3) is 10.0 Å². The highest BCUT2D eigenvalue weighted by Crippen LogP contribution is 2.27. The molecule has 118 valence electrons. The molecule has 1 aromatic carbocycles. The Morgan fingerprint density at radius 2 is 1.74 bits per heavy atom. The number of thiophene rings is 1. The van der Waals surface area contributed by atoms with Crippen molar-refractivity contribution in [2.45, 2.75) is 4.21 Å². The first-order valence-corrected chi connectivity index (χ1v) is 9.68. The van der Waals surface area contributed by atoms with Gasteiger partial charge in [0.15, 0.2) is 0 Å². The highest BCUT2D eigenvalue weighted by Gasteiger charge is 2.16.